The maximum absolute atomic E-state index is 6.52. The van der Waals surface area contributed by atoms with Crippen LogP contribution < -0.4 is 9.74 Å². The summed E-state index contributed by atoms with van der Waals surface area (Å²) >= 11 is 1.72. The smallest absolute Gasteiger partial charge is 0.250 e. The number of thiophene rings is 1. The number of ether oxygens (including phenoxy) is 1. The quantitative estimate of drug-likeness (QED) is 0.233. The first kappa shape index (κ1) is 26.8. The molecule has 0 aliphatic carbocycles. The van der Waals surface area contributed by atoms with Crippen LogP contribution in [0.5, 0.6) is 5.75 Å². The Morgan fingerprint density at radius 2 is 1.79 bits per heavy atom. The van der Waals surface area contributed by atoms with E-state index in [9.17, 15) is 0 Å². The SMILES string of the molecule is CC(C)(C)[Si](C)(C)Oc1cccc(Nc2ncnc3cc(-c4ccc(CCN5CCOCC5)cc4)sc23)c1. The lowest BCUT2D eigenvalue weighted by Gasteiger charge is -2.36. The Bertz CT molecular complexity index is 1380. The van der Waals surface area contributed by atoms with Crippen molar-refractivity contribution in [3.8, 4) is 16.2 Å². The number of morpholine rings is 1. The number of anilines is 2. The number of aromatic nitrogens is 2. The van der Waals surface area contributed by atoms with Gasteiger partial charge in [0.2, 0.25) is 8.32 Å². The Morgan fingerprint density at radius 3 is 2.53 bits per heavy atom. The summed E-state index contributed by atoms with van der Waals surface area (Å²) in [6, 6.07) is 19.3. The Kier molecular flexibility index (Phi) is 7.86. The molecule has 0 spiro atoms. The second kappa shape index (κ2) is 11.1. The molecule has 0 radical (unpaired) electrons. The molecular formula is C30H38N4O2SSi. The highest BCUT2D eigenvalue weighted by Gasteiger charge is 2.39. The number of hydrogen-bond acceptors (Lipinski definition) is 7. The summed E-state index contributed by atoms with van der Waals surface area (Å²) in [5, 5.41) is 3.66. The number of hydrogen-bond donors (Lipinski definition) is 1. The molecule has 1 saturated heterocycles. The fourth-order valence-corrected chi connectivity index (χ4v) is 6.34. The molecule has 2 aromatic carbocycles. The molecule has 1 aliphatic heterocycles. The van der Waals surface area contributed by atoms with Crippen molar-refractivity contribution in [3.05, 3.63) is 66.5 Å². The van der Waals surface area contributed by atoms with Crippen LogP contribution in [-0.2, 0) is 11.2 Å². The molecule has 8 heteroatoms. The lowest BCUT2D eigenvalue weighted by atomic mass is 10.1. The number of fused-ring (bicyclic) bond motifs is 1. The fourth-order valence-electron chi connectivity index (χ4n) is 4.26. The van der Waals surface area contributed by atoms with Crippen molar-refractivity contribution in [3.63, 3.8) is 0 Å². The van der Waals surface area contributed by atoms with Crippen LogP contribution >= 0.6 is 11.3 Å². The second-order valence-corrected chi connectivity index (χ2v) is 17.2. The molecule has 0 amide bonds. The van der Waals surface area contributed by atoms with Gasteiger partial charge in [-0.2, -0.15) is 0 Å². The molecule has 1 N–H and O–H groups in total. The van der Waals surface area contributed by atoms with Crippen LogP contribution in [0.1, 0.15) is 26.3 Å². The number of nitrogens with zero attached hydrogens (tertiary/aromatic N) is 3. The Morgan fingerprint density at radius 1 is 1.03 bits per heavy atom. The van der Waals surface area contributed by atoms with E-state index in [4.69, 9.17) is 9.16 Å². The van der Waals surface area contributed by atoms with E-state index in [-0.39, 0.29) is 5.04 Å². The molecule has 0 saturated carbocycles. The van der Waals surface area contributed by atoms with Gasteiger partial charge in [-0.25, -0.2) is 9.97 Å². The molecule has 5 rings (SSSR count). The number of rotatable bonds is 8. The minimum absolute atomic E-state index is 0.142. The van der Waals surface area contributed by atoms with Crippen molar-refractivity contribution in [1.29, 1.82) is 0 Å². The van der Waals surface area contributed by atoms with E-state index in [0.29, 0.717) is 0 Å². The largest absolute Gasteiger partial charge is 0.543 e. The molecule has 3 heterocycles. The average Bonchev–Trinajstić information content (AvgIpc) is 3.33. The average molecular weight is 547 g/mol. The maximum Gasteiger partial charge on any atom is 0.250 e. The minimum atomic E-state index is -1.92. The summed E-state index contributed by atoms with van der Waals surface area (Å²) in [7, 11) is -1.92. The summed E-state index contributed by atoms with van der Waals surface area (Å²) in [5.74, 6) is 1.71. The molecular weight excluding hydrogens is 509 g/mol. The Balaban J connectivity index is 1.30. The highest BCUT2D eigenvalue weighted by molar-refractivity contribution is 7.22. The first-order valence-corrected chi connectivity index (χ1v) is 17.1. The molecule has 2 aromatic heterocycles. The van der Waals surface area contributed by atoms with Crippen molar-refractivity contribution in [2.45, 2.75) is 45.3 Å². The molecule has 1 aliphatic rings. The molecule has 6 nitrogen and oxygen atoms in total. The van der Waals surface area contributed by atoms with Crippen LogP contribution in [0, 0.1) is 0 Å². The van der Waals surface area contributed by atoms with Gasteiger partial charge in [-0.15, -0.1) is 11.3 Å². The normalized spacial score (nSPS) is 15.1. The third kappa shape index (κ3) is 6.26. The zero-order chi connectivity index (χ0) is 26.8. The molecule has 38 heavy (non-hydrogen) atoms. The molecule has 0 unspecified atom stereocenters. The molecule has 0 atom stereocenters. The highest BCUT2D eigenvalue weighted by Crippen LogP contribution is 2.39. The summed E-state index contributed by atoms with van der Waals surface area (Å²) in [6.45, 7) is 16.1. The number of nitrogens with one attached hydrogen (secondary N) is 1. The third-order valence-electron chi connectivity index (χ3n) is 7.65. The van der Waals surface area contributed by atoms with E-state index >= 15 is 0 Å². The Labute approximate surface area is 231 Å². The summed E-state index contributed by atoms with van der Waals surface area (Å²) in [5.41, 5.74) is 4.48. The van der Waals surface area contributed by atoms with E-state index in [1.54, 1.807) is 17.7 Å². The van der Waals surface area contributed by atoms with Gasteiger partial charge in [-0.3, -0.25) is 4.90 Å². The van der Waals surface area contributed by atoms with Gasteiger partial charge in [-0.05, 0) is 53.9 Å². The van der Waals surface area contributed by atoms with E-state index in [1.165, 1.54) is 16.0 Å². The third-order valence-corrected chi connectivity index (χ3v) is 13.2. The van der Waals surface area contributed by atoms with Gasteiger partial charge in [-0.1, -0.05) is 51.1 Å². The number of benzene rings is 2. The van der Waals surface area contributed by atoms with Gasteiger partial charge < -0.3 is 14.5 Å². The lowest BCUT2D eigenvalue weighted by molar-refractivity contribution is 0.0384. The van der Waals surface area contributed by atoms with Gasteiger partial charge in [0.25, 0.3) is 0 Å². The zero-order valence-electron chi connectivity index (χ0n) is 23.1. The predicted molar refractivity (Wildman–Crippen MR) is 161 cm³/mol. The van der Waals surface area contributed by atoms with Gasteiger partial charge in [0.05, 0.1) is 23.4 Å². The van der Waals surface area contributed by atoms with Gasteiger partial charge in [0.15, 0.2) is 5.82 Å². The van der Waals surface area contributed by atoms with Crippen molar-refractivity contribution < 1.29 is 9.16 Å². The predicted octanol–water partition coefficient (Wildman–Crippen LogP) is 7.36. The van der Waals surface area contributed by atoms with Crippen molar-refractivity contribution in [2.24, 2.45) is 0 Å². The second-order valence-electron chi connectivity index (χ2n) is 11.5. The van der Waals surface area contributed by atoms with Crippen LogP contribution in [0.15, 0.2) is 60.9 Å². The van der Waals surface area contributed by atoms with E-state index < -0.39 is 8.32 Å². The van der Waals surface area contributed by atoms with Crippen LogP contribution in [0.4, 0.5) is 11.5 Å². The van der Waals surface area contributed by atoms with Crippen molar-refractivity contribution in [2.75, 3.05) is 38.2 Å². The Hall–Kier alpha value is -2.78. The van der Waals surface area contributed by atoms with Crippen LogP contribution in [0.2, 0.25) is 18.1 Å². The van der Waals surface area contributed by atoms with Crippen LogP contribution in [0.3, 0.4) is 0 Å². The van der Waals surface area contributed by atoms with Crippen molar-refractivity contribution in [1.82, 2.24) is 14.9 Å². The summed E-state index contributed by atoms with van der Waals surface area (Å²) in [6.07, 6.45) is 2.69. The topological polar surface area (TPSA) is 59.5 Å². The standard InChI is InChI=1S/C30H38N4O2SSi/c1-30(2,3)38(4,5)36-25-8-6-7-24(19-25)33-29-28-26(31-21-32-29)20-27(37-28)23-11-9-22(10-12-23)13-14-34-15-17-35-18-16-34/h6-12,19-21H,13-18H2,1-5H3,(H,31,32,33). The first-order chi connectivity index (χ1) is 18.2. The summed E-state index contributed by atoms with van der Waals surface area (Å²) in [4.78, 5) is 12.8. The monoisotopic (exact) mass is 546 g/mol. The molecule has 1 fully saturated rings. The molecule has 200 valence electrons. The summed E-state index contributed by atoms with van der Waals surface area (Å²) < 4.78 is 13.0. The van der Waals surface area contributed by atoms with Gasteiger partial charge in [0.1, 0.15) is 12.1 Å². The van der Waals surface area contributed by atoms with E-state index in [2.05, 4.69) is 96.5 Å². The minimum Gasteiger partial charge on any atom is -0.543 e. The molecule has 0 bridgehead atoms. The van der Waals surface area contributed by atoms with Crippen LogP contribution in [-0.4, -0.2) is 56.0 Å². The van der Waals surface area contributed by atoms with Gasteiger partial charge in [0, 0.05) is 36.3 Å². The maximum atomic E-state index is 6.52. The fraction of sp³-hybridized carbons (Fsp3) is 0.400. The zero-order valence-corrected chi connectivity index (χ0v) is 24.9. The van der Waals surface area contributed by atoms with Gasteiger partial charge >= 0.3 is 0 Å². The highest BCUT2D eigenvalue weighted by atomic mass is 32.1. The lowest BCUT2D eigenvalue weighted by Crippen LogP contribution is -2.43. The molecule has 4 aromatic rings. The van der Waals surface area contributed by atoms with Crippen LogP contribution in [0.25, 0.3) is 20.7 Å². The van der Waals surface area contributed by atoms with Crippen molar-refractivity contribution >= 4 is 41.4 Å². The van der Waals surface area contributed by atoms with E-state index in [0.717, 1.165) is 66.7 Å². The van der Waals surface area contributed by atoms with E-state index in [1.807, 2.05) is 12.1 Å². The first-order valence-electron chi connectivity index (χ1n) is 13.4.